The first kappa shape index (κ1) is 16.7. The summed E-state index contributed by atoms with van der Waals surface area (Å²) in [6.07, 6.45) is 0.587. The van der Waals surface area contributed by atoms with Crippen molar-refractivity contribution in [2.24, 2.45) is 0 Å². The molecule has 0 amide bonds. The fraction of sp³-hybridized carbons (Fsp3) is 0.267. The third-order valence-corrected chi connectivity index (χ3v) is 5.76. The number of methoxy groups -OCH3 is 1. The van der Waals surface area contributed by atoms with E-state index >= 15 is 0 Å². The Labute approximate surface area is 134 Å². The van der Waals surface area contributed by atoms with Gasteiger partial charge in [-0.1, -0.05) is 24.3 Å². The fourth-order valence-electron chi connectivity index (χ4n) is 2.04. The molecule has 7 heteroatoms. The zero-order valence-corrected chi connectivity index (χ0v) is 14.0. The largest absolute Gasteiger partial charge is 0.465 e. The molecular weight excluding hydrogens is 322 g/mol. The highest BCUT2D eigenvalue weighted by molar-refractivity contribution is 7.89. The molecule has 0 aliphatic carbocycles. The first-order valence-electron chi connectivity index (χ1n) is 6.65. The van der Waals surface area contributed by atoms with E-state index in [9.17, 15) is 13.2 Å². The van der Waals surface area contributed by atoms with Gasteiger partial charge in [-0.15, -0.1) is 11.3 Å². The van der Waals surface area contributed by atoms with Crippen molar-refractivity contribution in [2.45, 2.75) is 18.2 Å². The number of hydrogen-bond donors (Lipinski definition) is 1. The molecule has 0 saturated carbocycles. The third-order valence-electron chi connectivity index (χ3n) is 3.24. The van der Waals surface area contributed by atoms with E-state index in [0.717, 1.165) is 22.5 Å². The Morgan fingerprint density at radius 2 is 2.00 bits per heavy atom. The summed E-state index contributed by atoms with van der Waals surface area (Å²) in [6.45, 7) is 2.25. The van der Waals surface area contributed by atoms with Gasteiger partial charge in [-0.3, -0.25) is 0 Å². The highest BCUT2D eigenvalue weighted by Gasteiger charge is 2.24. The molecule has 0 aliphatic heterocycles. The van der Waals surface area contributed by atoms with Gasteiger partial charge in [0.2, 0.25) is 10.0 Å². The number of sulfonamides is 1. The summed E-state index contributed by atoms with van der Waals surface area (Å²) < 4.78 is 31.7. The molecule has 1 aromatic heterocycles. The van der Waals surface area contributed by atoms with E-state index in [0.29, 0.717) is 6.42 Å². The number of carbonyl (C=O) groups is 1. The molecule has 2 aromatic rings. The van der Waals surface area contributed by atoms with Crippen LogP contribution in [0.1, 0.15) is 20.8 Å². The van der Waals surface area contributed by atoms with E-state index in [1.54, 1.807) is 5.38 Å². The number of ether oxygens (including phenoxy) is 1. The summed E-state index contributed by atoms with van der Waals surface area (Å²) in [7, 11) is -2.50. The maximum atomic E-state index is 12.3. The lowest BCUT2D eigenvalue weighted by Gasteiger charge is -2.08. The van der Waals surface area contributed by atoms with E-state index in [2.05, 4.69) is 9.46 Å². The zero-order chi connectivity index (χ0) is 16.2. The summed E-state index contributed by atoms with van der Waals surface area (Å²) >= 11 is 1.05. The Morgan fingerprint density at radius 1 is 1.27 bits per heavy atom. The molecule has 1 N–H and O–H groups in total. The SMILES string of the molecule is COC(=O)c1sccc1S(=O)(=O)NCCc1ccccc1C. The van der Waals surface area contributed by atoms with Crippen molar-refractivity contribution in [3.8, 4) is 0 Å². The van der Waals surface area contributed by atoms with Crippen LogP contribution in [-0.2, 0) is 21.2 Å². The van der Waals surface area contributed by atoms with Crippen LogP contribution in [0.2, 0.25) is 0 Å². The number of esters is 1. The van der Waals surface area contributed by atoms with E-state index in [1.165, 1.54) is 13.2 Å². The monoisotopic (exact) mass is 339 g/mol. The van der Waals surface area contributed by atoms with Gasteiger partial charge in [0.25, 0.3) is 0 Å². The van der Waals surface area contributed by atoms with Crippen molar-refractivity contribution in [2.75, 3.05) is 13.7 Å². The quantitative estimate of drug-likeness (QED) is 0.820. The van der Waals surface area contributed by atoms with E-state index in [4.69, 9.17) is 0 Å². The van der Waals surface area contributed by atoms with Gasteiger partial charge in [0.05, 0.1) is 7.11 Å². The third kappa shape index (κ3) is 3.73. The van der Waals surface area contributed by atoms with Crippen molar-refractivity contribution in [1.29, 1.82) is 0 Å². The standard InChI is InChI=1S/C15H17NO4S2/c1-11-5-3-4-6-12(11)7-9-16-22(18,19)13-8-10-21-14(13)15(17)20-2/h3-6,8,10,16H,7,9H2,1-2H3. The number of rotatable bonds is 6. The number of thiophene rings is 1. The van der Waals surface area contributed by atoms with Gasteiger partial charge in [-0.2, -0.15) is 0 Å². The molecule has 0 bridgehead atoms. The lowest BCUT2D eigenvalue weighted by atomic mass is 10.1. The first-order valence-corrected chi connectivity index (χ1v) is 9.02. The fourth-order valence-corrected chi connectivity index (χ4v) is 4.40. The normalized spacial score (nSPS) is 11.4. The topological polar surface area (TPSA) is 72.5 Å². The van der Waals surface area contributed by atoms with E-state index in [1.807, 2.05) is 31.2 Å². The van der Waals surface area contributed by atoms with Crippen molar-refractivity contribution in [3.63, 3.8) is 0 Å². The molecule has 0 fully saturated rings. The summed E-state index contributed by atoms with van der Waals surface area (Å²) in [6, 6.07) is 9.22. The highest BCUT2D eigenvalue weighted by atomic mass is 32.2. The molecule has 22 heavy (non-hydrogen) atoms. The van der Waals surface area contributed by atoms with Crippen LogP contribution in [0.25, 0.3) is 0 Å². The van der Waals surface area contributed by atoms with Crippen LogP contribution in [0.5, 0.6) is 0 Å². The predicted molar refractivity (Wildman–Crippen MR) is 85.7 cm³/mol. The second-order valence-electron chi connectivity index (χ2n) is 4.68. The van der Waals surface area contributed by atoms with Crippen LogP contribution < -0.4 is 4.72 Å². The molecule has 0 unspecified atom stereocenters. The first-order chi connectivity index (χ1) is 10.5. The van der Waals surface area contributed by atoms with Gasteiger partial charge in [0.1, 0.15) is 9.77 Å². The average Bonchev–Trinajstić information content (AvgIpc) is 2.99. The number of aryl methyl sites for hydroxylation is 1. The number of nitrogens with one attached hydrogen (secondary N) is 1. The van der Waals surface area contributed by atoms with Crippen LogP contribution in [0, 0.1) is 6.92 Å². The van der Waals surface area contributed by atoms with Crippen molar-refractivity contribution < 1.29 is 17.9 Å². The van der Waals surface area contributed by atoms with Crippen LogP contribution >= 0.6 is 11.3 Å². The molecule has 0 saturated heterocycles. The second kappa shape index (κ2) is 7.04. The molecule has 0 spiro atoms. The minimum atomic E-state index is -3.73. The molecule has 1 heterocycles. The Morgan fingerprint density at radius 3 is 2.68 bits per heavy atom. The Kier molecular flexibility index (Phi) is 5.33. The molecule has 0 radical (unpaired) electrons. The Bertz CT molecular complexity index is 765. The molecule has 0 aliphatic rings. The van der Waals surface area contributed by atoms with Crippen LogP contribution in [0.3, 0.4) is 0 Å². The summed E-state index contributed by atoms with van der Waals surface area (Å²) in [5.74, 6) is -0.644. The van der Waals surface area contributed by atoms with Crippen LogP contribution in [-0.4, -0.2) is 28.0 Å². The van der Waals surface area contributed by atoms with E-state index in [-0.39, 0.29) is 16.3 Å². The molecule has 1 aromatic carbocycles. The minimum Gasteiger partial charge on any atom is -0.465 e. The average molecular weight is 339 g/mol. The van der Waals surface area contributed by atoms with Gasteiger partial charge in [-0.05, 0) is 35.9 Å². The van der Waals surface area contributed by atoms with Crippen LogP contribution in [0.15, 0.2) is 40.6 Å². The van der Waals surface area contributed by atoms with Gasteiger partial charge in [0, 0.05) is 6.54 Å². The molecule has 118 valence electrons. The number of carbonyl (C=O) groups excluding carboxylic acids is 1. The van der Waals surface area contributed by atoms with Gasteiger partial charge >= 0.3 is 5.97 Å². The molecule has 0 atom stereocenters. The smallest absolute Gasteiger partial charge is 0.349 e. The van der Waals surface area contributed by atoms with Crippen molar-refractivity contribution in [1.82, 2.24) is 4.72 Å². The highest BCUT2D eigenvalue weighted by Crippen LogP contribution is 2.22. The summed E-state index contributed by atoms with van der Waals surface area (Å²) in [5.41, 5.74) is 2.20. The maximum absolute atomic E-state index is 12.3. The van der Waals surface area contributed by atoms with Crippen LogP contribution in [0.4, 0.5) is 0 Å². The Hall–Kier alpha value is -1.70. The predicted octanol–water partition coefficient (Wildman–Crippen LogP) is 2.36. The van der Waals surface area contributed by atoms with Crippen molar-refractivity contribution >= 4 is 27.3 Å². The Balaban J connectivity index is 2.08. The van der Waals surface area contributed by atoms with Gasteiger partial charge in [-0.25, -0.2) is 17.9 Å². The van der Waals surface area contributed by atoms with Gasteiger partial charge in [0.15, 0.2) is 0 Å². The molecule has 5 nitrogen and oxygen atoms in total. The van der Waals surface area contributed by atoms with E-state index < -0.39 is 16.0 Å². The second-order valence-corrected chi connectivity index (χ2v) is 7.33. The summed E-state index contributed by atoms with van der Waals surface area (Å²) in [4.78, 5) is 11.6. The minimum absolute atomic E-state index is 0.0332. The lowest BCUT2D eigenvalue weighted by molar-refractivity contribution is 0.0602. The summed E-state index contributed by atoms with van der Waals surface area (Å²) in [5, 5.41) is 1.56. The molecular formula is C15H17NO4S2. The molecule has 2 rings (SSSR count). The zero-order valence-electron chi connectivity index (χ0n) is 12.3. The lowest BCUT2D eigenvalue weighted by Crippen LogP contribution is -2.27. The number of hydrogen-bond acceptors (Lipinski definition) is 5. The maximum Gasteiger partial charge on any atom is 0.349 e. The van der Waals surface area contributed by atoms with Crippen molar-refractivity contribution in [3.05, 3.63) is 51.7 Å². The van der Waals surface area contributed by atoms with Gasteiger partial charge < -0.3 is 4.74 Å². The number of benzene rings is 1.